The van der Waals surface area contributed by atoms with Gasteiger partial charge in [0.1, 0.15) is 17.3 Å². The van der Waals surface area contributed by atoms with Crippen LogP contribution < -0.4 is 0 Å². The summed E-state index contributed by atoms with van der Waals surface area (Å²) in [6.07, 6.45) is 5.85. The summed E-state index contributed by atoms with van der Waals surface area (Å²) >= 11 is 1.38. The first-order chi connectivity index (χ1) is 11.1. The van der Waals surface area contributed by atoms with Crippen molar-refractivity contribution < 1.29 is 9.21 Å². The van der Waals surface area contributed by atoms with Crippen molar-refractivity contribution in [3.05, 3.63) is 29.5 Å². The molecule has 0 radical (unpaired) electrons. The highest BCUT2D eigenvalue weighted by molar-refractivity contribution is 8.00. The number of aromatic amines is 1. The number of carbonyl (C=O) groups is 1. The highest BCUT2D eigenvalue weighted by Crippen LogP contribution is 2.23. The molecule has 23 heavy (non-hydrogen) atoms. The van der Waals surface area contributed by atoms with Crippen LogP contribution in [0.5, 0.6) is 0 Å². The van der Waals surface area contributed by atoms with Gasteiger partial charge in [-0.3, -0.25) is 9.89 Å². The Morgan fingerprint density at radius 1 is 1.39 bits per heavy atom. The topological polar surface area (TPSA) is 75.0 Å². The molecule has 1 unspecified atom stereocenters. The van der Waals surface area contributed by atoms with Crippen LogP contribution in [0.25, 0.3) is 12.2 Å². The molecule has 0 spiro atoms. The molecule has 0 bridgehead atoms. The van der Waals surface area contributed by atoms with Crippen molar-refractivity contribution >= 4 is 29.8 Å². The zero-order valence-corrected chi connectivity index (χ0v) is 14.1. The van der Waals surface area contributed by atoms with Crippen molar-refractivity contribution in [2.75, 3.05) is 13.1 Å². The fourth-order valence-electron chi connectivity index (χ4n) is 2.49. The lowest BCUT2D eigenvalue weighted by molar-refractivity contribution is -0.129. The van der Waals surface area contributed by atoms with E-state index in [0.29, 0.717) is 11.0 Å². The molecule has 3 heterocycles. The average molecular weight is 332 g/mol. The van der Waals surface area contributed by atoms with Gasteiger partial charge in [0.05, 0.1) is 5.25 Å². The van der Waals surface area contributed by atoms with Crippen LogP contribution in [0.4, 0.5) is 0 Å². The minimum absolute atomic E-state index is 0.167. The summed E-state index contributed by atoms with van der Waals surface area (Å²) < 4.78 is 5.46. The van der Waals surface area contributed by atoms with Gasteiger partial charge in [-0.1, -0.05) is 11.8 Å². The molecule has 2 aromatic heterocycles. The van der Waals surface area contributed by atoms with Crippen molar-refractivity contribution in [3.8, 4) is 0 Å². The first-order valence-corrected chi connectivity index (χ1v) is 8.62. The van der Waals surface area contributed by atoms with Gasteiger partial charge in [0, 0.05) is 13.1 Å². The largest absolute Gasteiger partial charge is 0.462 e. The molecule has 1 aliphatic rings. The Morgan fingerprint density at radius 3 is 2.87 bits per heavy atom. The third-order valence-electron chi connectivity index (χ3n) is 3.70. The molecular formula is C16H20N4O2S. The summed E-state index contributed by atoms with van der Waals surface area (Å²) in [7, 11) is 0. The number of aryl methyl sites for hydroxylation is 1. The number of amides is 1. The van der Waals surface area contributed by atoms with Crippen LogP contribution in [0.1, 0.15) is 37.1 Å². The minimum Gasteiger partial charge on any atom is -0.462 e. The number of nitrogens with zero attached hydrogens (tertiary/aromatic N) is 3. The molecule has 0 aromatic carbocycles. The zero-order chi connectivity index (χ0) is 16.2. The van der Waals surface area contributed by atoms with Crippen LogP contribution in [0.3, 0.4) is 0 Å². The number of carbonyl (C=O) groups excluding carboxylic acids is 1. The van der Waals surface area contributed by atoms with Crippen molar-refractivity contribution in [1.82, 2.24) is 20.1 Å². The lowest BCUT2D eigenvalue weighted by Crippen LogP contribution is -2.34. The Bertz CT molecular complexity index is 701. The quantitative estimate of drug-likeness (QED) is 0.852. The molecule has 122 valence electrons. The van der Waals surface area contributed by atoms with Crippen molar-refractivity contribution in [1.29, 1.82) is 0 Å². The SMILES string of the molecule is Cc1ccc(/C=C/c2nc(SC(C)C(=O)N3CCCC3)n[nH]2)o1. The van der Waals surface area contributed by atoms with Crippen LogP contribution in [0, 0.1) is 6.92 Å². The summed E-state index contributed by atoms with van der Waals surface area (Å²) in [5.41, 5.74) is 0. The second-order valence-electron chi connectivity index (χ2n) is 5.58. The molecule has 6 nitrogen and oxygen atoms in total. The fraction of sp³-hybridized carbons (Fsp3) is 0.438. The molecule has 0 aliphatic carbocycles. The second-order valence-corrected chi connectivity index (χ2v) is 6.89. The lowest BCUT2D eigenvalue weighted by Gasteiger charge is -2.18. The van der Waals surface area contributed by atoms with E-state index in [9.17, 15) is 4.79 Å². The Labute approximate surface area is 139 Å². The van der Waals surface area contributed by atoms with Gasteiger partial charge in [-0.2, -0.15) is 0 Å². The minimum atomic E-state index is -0.173. The lowest BCUT2D eigenvalue weighted by atomic mass is 10.4. The van der Waals surface area contributed by atoms with E-state index in [0.717, 1.165) is 37.5 Å². The van der Waals surface area contributed by atoms with Gasteiger partial charge in [-0.25, -0.2) is 4.98 Å². The van der Waals surface area contributed by atoms with Crippen LogP contribution in [0.2, 0.25) is 0 Å². The molecular weight excluding hydrogens is 312 g/mol. The third kappa shape index (κ3) is 4.04. The second kappa shape index (κ2) is 7.04. The summed E-state index contributed by atoms with van der Waals surface area (Å²) in [6.45, 7) is 5.55. The fourth-order valence-corrected chi connectivity index (χ4v) is 3.31. The van der Waals surface area contributed by atoms with E-state index in [-0.39, 0.29) is 11.2 Å². The Morgan fingerprint density at radius 2 is 2.17 bits per heavy atom. The summed E-state index contributed by atoms with van der Waals surface area (Å²) in [5.74, 6) is 2.45. The average Bonchev–Trinajstić information content (AvgIpc) is 3.26. The molecule has 1 saturated heterocycles. The zero-order valence-electron chi connectivity index (χ0n) is 13.3. The van der Waals surface area contributed by atoms with Crippen LogP contribution in [-0.4, -0.2) is 44.3 Å². The molecule has 7 heteroatoms. The first kappa shape index (κ1) is 15.9. The molecule has 0 saturated carbocycles. The number of H-pyrrole nitrogens is 1. The molecule has 3 rings (SSSR count). The predicted molar refractivity (Wildman–Crippen MR) is 89.9 cm³/mol. The molecule has 2 aromatic rings. The number of likely N-dealkylation sites (tertiary alicyclic amines) is 1. The number of aromatic nitrogens is 3. The smallest absolute Gasteiger partial charge is 0.235 e. The Balaban J connectivity index is 1.58. The first-order valence-electron chi connectivity index (χ1n) is 7.74. The van der Waals surface area contributed by atoms with Gasteiger partial charge in [-0.05, 0) is 51.0 Å². The van der Waals surface area contributed by atoms with Gasteiger partial charge in [0.15, 0.2) is 0 Å². The van der Waals surface area contributed by atoms with Gasteiger partial charge >= 0.3 is 0 Å². The van der Waals surface area contributed by atoms with Crippen LogP contribution in [0.15, 0.2) is 21.7 Å². The molecule has 1 atom stereocenters. The maximum Gasteiger partial charge on any atom is 0.235 e. The monoisotopic (exact) mass is 332 g/mol. The van der Waals surface area contributed by atoms with E-state index in [1.165, 1.54) is 11.8 Å². The Kier molecular flexibility index (Phi) is 4.85. The molecule has 1 fully saturated rings. The maximum absolute atomic E-state index is 12.3. The standard InChI is InChI=1S/C16H20N4O2S/c1-11-5-6-13(22-11)7-8-14-17-16(19-18-14)23-12(2)15(21)20-9-3-4-10-20/h5-8,12H,3-4,9-10H2,1-2H3,(H,17,18,19)/b8-7+. The Hall–Kier alpha value is -2.02. The van der Waals surface area contributed by atoms with Gasteiger partial charge < -0.3 is 9.32 Å². The number of hydrogen-bond acceptors (Lipinski definition) is 5. The summed E-state index contributed by atoms with van der Waals surface area (Å²) in [6, 6.07) is 3.81. The maximum atomic E-state index is 12.3. The highest BCUT2D eigenvalue weighted by atomic mass is 32.2. The summed E-state index contributed by atoms with van der Waals surface area (Å²) in [5, 5.41) is 7.43. The molecule has 1 N–H and O–H groups in total. The molecule has 1 amide bonds. The molecule has 1 aliphatic heterocycles. The van der Waals surface area contributed by atoms with Crippen molar-refractivity contribution in [2.45, 2.75) is 37.1 Å². The third-order valence-corrected chi connectivity index (χ3v) is 4.65. The van der Waals surface area contributed by atoms with Crippen LogP contribution in [-0.2, 0) is 4.79 Å². The van der Waals surface area contributed by atoms with Gasteiger partial charge in [0.25, 0.3) is 0 Å². The van der Waals surface area contributed by atoms with Gasteiger partial charge in [0.2, 0.25) is 11.1 Å². The van der Waals surface area contributed by atoms with E-state index in [1.54, 1.807) is 0 Å². The highest BCUT2D eigenvalue weighted by Gasteiger charge is 2.24. The van der Waals surface area contributed by atoms with Crippen molar-refractivity contribution in [2.24, 2.45) is 0 Å². The van der Waals surface area contributed by atoms with E-state index in [1.807, 2.05) is 43.0 Å². The van der Waals surface area contributed by atoms with E-state index < -0.39 is 0 Å². The van der Waals surface area contributed by atoms with Crippen LogP contribution >= 0.6 is 11.8 Å². The number of nitrogens with one attached hydrogen (secondary N) is 1. The predicted octanol–water partition coefficient (Wildman–Crippen LogP) is 2.98. The summed E-state index contributed by atoms with van der Waals surface area (Å²) in [4.78, 5) is 18.6. The van der Waals surface area contributed by atoms with Gasteiger partial charge in [-0.15, -0.1) is 5.10 Å². The number of hydrogen-bond donors (Lipinski definition) is 1. The van der Waals surface area contributed by atoms with E-state index in [2.05, 4.69) is 15.2 Å². The normalized spacial score (nSPS) is 16.3. The van der Waals surface area contributed by atoms with Crippen molar-refractivity contribution in [3.63, 3.8) is 0 Å². The number of thioether (sulfide) groups is 1. The number of rotatable bonds is 5. The van der Waals surface area contributed by atoms with E-state index in [4.69, 9.17) is 4.42 Å². The van der Waals surface area contributed by atoms with E-state index >= 15 is 0 Å². The number of furan rings is 1.